The molecule has 182 valence electrons. The fourth-order valence-electron chi connectivity index (χ4n) is 3.21. The molecular weight excluding hydrogens is 470 g/mol. The molecule has 3 heterocycles. The molecule has 0 saturated carbocycles. The van der Waals surface area contributed by atoms with Gasteiger partial charge in [-0.2, -0.15) is 0 Å². The second-order valence-corrected chi connectivity index (χ2v) is 8.17. The van der Waals surface area contributed by atoms with E-state index in [9.17, 15) is 9.59 Å². The molecule has 11 nitrogen and oxygen atoms in total. The number of carbonyl (C=O) groups excluding carboxylic acids is 2. The second kappa shape index (κ2) is 11.1. The lowest BCUT2D eigenvalue weighted by molar-refractivity contribution is -0.539. The van der Waals surface area contributed by atoms with E-state index in [0.29, 0.717) is 33.5 Å². The van der Waals surface area contributed by atoms with Gasteiger partial charge in [-0.1, -0.05) is 11.6 Å². The highest BCUT2D eigenvalue weighted by molar-refractivity contribution is 6.30. The van der Waals surface area contributed by atoms with E-state index in [1.807, 2.05) is 12.4 Å². The maximum absolute atomic E-state index is 12.8. The Balaban J connectivity index is 2.11. The molecule has 3 rings (SSSR count). The fraction of sp³-hybridized carbons (Fsp3) is 0.261. The van der Waals surface area contributed by atoms with Crippen LogP contribution < -0.4 is 21.3 Å². The molecule has 0 aromatic carbocycles. The Hall–Kier alpha value is -3.80. The van der Waals surface area contributed by atoms with Crippen molar-refractivity contribution in [2.45, 2.75) is 26.8 Å². The summed E-state index contributed by atoms with van der Waals surface area (Å²) in [4.78, 5) is 42.7. The van der Waals surface area contributed by atoms with E-state index in [4.69, 9.17) is 17.0 Å². The normalized spacial score (nSPS) is 11.6. The first-order chi connectivity index (χ1) is 16.6. The zero-order chi connectivity index (χ0) is 25.7. The number of rotatable bonds is 8. The number of hydrogen-bond donors (Lipinski definition) is 5. The number of amides is 2. The van der Waals surface area contributed by atoms with Gasteiger partial charge in [0.1, 0.15) is 34.5 Å². The van der Waals surface area contributed by atoms with Crippen LogP contribution in [0.15, 0.2) is 30.5 Å². The van der Waals surface area contributed by atoms with Crippen LogP contribution in [0.5, 0.6) is 0 Å². The van der Waals surface area contributed by atoms with Crippen LogP contribution in [-0.4, -0.2) is 57.6 Å². The Bertz CT molecular complexity index is 1280. The van der Waals surface area contributed by atoms with Crippen LogP contribution in [0.25, 0.3) is 11.3 Å². The smallest absolute Gasteiger partial charge is 0.275 e. The van der Waals surface area contributed by atoms with Crippen LogP contribution in [0.3, 0.4) is 0 Å². The monoisotopic (exact) mass is 496 g/mol. The van der Waals surface area contributed by atoms with E-state index in [-0.39, 0.29) is 28.9 Å². The lowest BCUT2D eigenvalue weighted by Crippen LogP contribution is -2.73. The number of pyridine rings is 2. The van der Waals surface area contributed by atoms with Crippen LogP contribution in [0, 0.1) is 12.3 Å². The molecule has 0 aliphatic carbocycles. The number of quaternary nitrogens is 1. The zero-order valence-electron chi connectivity index (χ0n) is 20.0. The number of aromatic nitrogens is 4. The minimum Gasteiger partial charge on any atom is -0.312 e. The maximum atomic E-state index is 12.8. The molecule has 3 aromatic heterocycles. The molecule has 0 aliphatic rings. The molecule has 2 amide bonds. The first-order valence-corrected chi connectivity index (χ1v) is 11.2. The van der Waals surface area contributed by atoms with Gasteiger partial charge in [0.2, 0.25) is 5.91 Å². The summed E-state index contributed by atoms with van der Waals surface area (Å²) in [6, 6.07) is 5.89. The van der Waals surface area contributed by atoms with Gasteiger partial charge in [-0.15, -0.1) is 0 Å². The SMILES string of the molecule is CNC(C)C(=O)Nc1cc(-c2nc(C)nc(C(C)=N)c2[NH2+]C)cc(NC(=O)c2ccc(Cl)cn2)n1. The van der Waals surface area contributed by atoms with Crippen LogP contribution >= 0.6 is 11.6 Å². The topological polar surface area (TPSA) is 162 Å². The number of nitrogens with zero attached hydrogens (tertiary/aromatic N) is 4. The van der Waals surface area contributed by atoms with Gasteiger partial charge in [0.15, 0.2) is 5.69 Å². The van der Waals surface area contributed by atoms with Gasteiger partial charge in [-0.25, -0.2) is 19.9 Å². The first-order valence-electron chi connectivity index (χ1n) is 10.8. The quantitative estimate of drug-likeness (QED) is 0.297. The minimum absolute atomic E-state index is 0.151. The Morgan fingerprint density at radius 1 is 1.11 bits per heavy atom. The van der Waals surface area contributed by atoms with Gasteiger partial charge in [-0.3, -0.25) is 9.59 Å². The summed E-state index contributed by atoms with van der Waals surface area (Å²) in [7, 11) is 3.50. The fourth-order valence-corrected chi connectivity index (χ4v) is 3.32. The van der Waals surface area contributed by atoms with Gasteiger partial charge < -0.3 is 26.7 Å². The van der Waals surface area contributed by atoms with Crippen LogP contribution in [0.1, 0.15) is 35.9 Å². The van der Waals surface area contributed by atoms with Crippen molar-refractivity contribution in [1.82, 2.24) is 25.3 Å². The number of anilines is 2. The molecule has 1 unspecified atom stereocenters. The third-order valence-corrected chi connectivity index (χ3v) is 5.30. The summed E-state index contributed by atoms with van der Waals surface area (Å²) in [5.41, 5.74) is 2.72. The molecule has 0 aliphatic heterocycles. The van der Waals surface area contributed by atoms with Gasteiger partial charge in [0, 0.05) is 11.8 Å². The summed E-state index contributed by atoms with van der Waals surface area (Å²) < 4.78 is 0. The molecule has 35 heavy (non-hydrogen) atoms. The molecule has 12 heteroatoms. The molecule has 1 atom stereocenters. The van der Waals surface area contributed by atoms with E-state index in [2.05, 4.69) is 35.9 Å². The minimum atomic E-state index is -0.496. The molecular formula is C23H27ClN9O2+. The van der Waals surface area contributed by atoms with Gasteiger partial charge in [0.05, 0.1) is 23.8 Å². The number of halogens is 1. The predicted octanol–water partition coefficient (Wildman–Crippen LogP) is 1.91. The molecule has 0 radical (unpaired) electrons. The summed E-state index contributed by atoms with van der Waals surface area (Å²) in [5, 5.41) is 18.7. The van der Waals surface area contributed by atoms with E-state index < -0.39 is 11.9 Å². The lowest BCUT2D eigenvalue weighted by Gasteiger charge is -2.15. The van der Waals surface area contributed by atoms with E-state index in [1.54, 1.807) is 46.0 Å². The van der Waals surface area contributed by atoms with Crippen molar-refractivity contribution in [3.8, 4) is 11.3 Å². The largest absolute Gasteiger partial charge is 0.312 e. The van der Waals surface area contributed by atoms with Crippen molar-refractivity contribution in [2.75, 3.05) is 24.7 Å². The van der Waals surface area contributed by atoms with Gasteiger partial charge >= 0.3 is 0 Å². The Labute approximate surface area is 207 Å². The molecule has 0 fully saturated rings. The molecule has 0 spiro atoms. The average molecular weight is 497 g/mol. The maximum Gasteiger partial charge on any atom is 0.275 e. The Morgan fingerprint density at radius 2 is 1.80 bits per heavy atom. The van der Waals surface area contributed by atoms with Crippen LogP contribution in [0.2, 0.25) is 5.02 Å². The van der Waals surface area contributed by atoms with Crippen molar-refractivity contribution >= 4 is 46.5 Å². The Morgan fingerprint density at radius 3 is 2.37 bits per heavy atom. The first kappa shape index (κ1) is 25.8. The third kappa shape index (κ3) is 6.21. The van der Waals surface area contributed by atoms with Gasteiger partial charge in [-0.05, 0) is 52.1 Å². The van der Waals surface area contributed by atoms with Crippen LogP contribution in [0.4, 0.5) is 17.3 Å². The van der Waals surface area contributed by atoms with Crippen molar-refractivity contribution < 1.29 is 14.9 Å². The summed E-state index contributed by atoms with van der Waals surface area (Å²) >= 11 is 5.87. The highest BCUT2D eigenvalue weighted by atomic mass is 35.5. The predicted molar refractivity (Wildman–Crippen MR) is 134 cm³/mol. The van der Waals surface area contributed by atoms with E-state index >= 15 is 0 Å². The van der Waals surface area contributed by atoms with Crippen LogP contribution in [-0.2, 0) is 4.79 Å². The standard InChI is InChI=1S/C23H26ClN9O2/c1-11(25)19-21(27-5)20(30-13(3)29-19)14-8-17(32-22(34)12(2)26-4)31-18(9-14)33-23(35)16-7-6-15(24)10-28-16/h6-10,12,25-27H,1-5H3,(H2,31,32,33,34,35)/p+1. The van der Waals surface area contributed by atoms with Gasteiger partial charge in [0.25, 0.3) is 5.91 Å². The molecule has 6 N–H and O–H groups in total. The highest BCUT2D eigenvalue weighted by Gasteiger charge is 2.21. The van der Waals surface area contributed by atoms with Crippen molar-refractivity contribution in [2.24, 2.45) is 0 Å². The Kier molecular flexibility index (Phi) is 8.18. The van der Waals surface area contributed by atoms with Crippen molar-refractivity contribution in [3.05, 3.63) is 52.7 Å². The van der Waals surface area contributed by atoms with Crippen molar-refractivity contribution in [1.29, 1.82) is 5.41 Å². The lowest BCUT2D eigenvalue weighted by atomic mass is 10.1. The van der Waals surface area contributed by atoms with Crippen molar-refractivity contribution in [3.63, 3.8) is 0 Å². The average Bonchev–Trinajstić information content (AvgIpc) is 2.83. The summed E-state index contributed by atoms with van der Waals surface area (Å²) in [5.74, 6) is 0.0909. The summed E-state index contributed by atoms with van der Waals surface area (Å²) in [6.45, 7) is 5.11. The number of nitrogens with two attached hydrogens (primary N) is 1. The zero-order valence-corrected chi connectivity index (χ0v) is 20.8. The third-order valence-electron chi connectivity index (χ3n) is 5.08. The second-order valence-electron chi connectivity index (χ2n) is 7.74. The number of nitrogens with one attached hydrogen (secondary N) is 4. The molecule has 3 aromatic rings. The number of likely N-dealkylation sites (N-methyl/N-ethyl adjacent to an activating group) is 1. The number of aryl methyl sites for hydroxylation is 1. The van der Waals surface area contributed by atoms with E-state index in [0.717, 1.165) is 0 Å². The molecule has 0 saturated heterocycles. The number of hydrogen-bond acceptors (Lipinski definition) is 8. The summed E-state index contributed by atoms with van der Waals surface area (Å²) in [6.07, 6.45) is 1.37. The highest BCUT2D eigenvalue weighted by Crippen LogP contribution is 2.29. The number of carbonyl (C=O) groups is 2. The molecule has 0 bridgehead atoms. The van der Waals surface area contributed by atoms with E-state index in [1.165, 1.54) is 12.3 Å².